The molecule has 0 atom stereocenters. The van der Waals surface area contributed by atoms with E-state index in [0.29, 0.717) is 17.3 Å². The quantitative estimate of drug-likeness (QED) is 0.915. The highest BCUT2D eigenvalue weighted by Crippen LogP contribution is 2.20. The number of aromatic nitrogens is 2. The van der Waals surface area contributed by atoms with Gasteiger partial charge in [-0.25, -0.2) is 0 Å². The monoisotopic (exact) mass is 285 g/mol. The van der Waals surface area contributed by atoms with Crippen LogP contribution in [0.15, 0.2) is 36.8 Å². The summed E-state index contributed by atoms with van der Waals surface area (Å²) in [7, 11) is 0. The zero-order chi connectivity index (χ0) is 13.7. The van der Waals surface area contributed by atoms with Gasteiger partial charge in [-0.2, -0.15) is 8.78 Å². The molecule has 0 bridgehead atoms. The lowest BCUT2D eigenvalue weighted by Gasteiger charge is -2.08. The number of nitrogens with one attached hydrogen (secondary N) is 1. The van der Waals surface area contributed by atoms with Crippen LogP contribution in [0, 0.1) is 0 Å². The largest absolute Gasteiger partial charge is 0.433 e. The molecule has 2 heterocycles. The topological polar surface area (TPSA) is 47.0 Å². The van der Waals surface area contributed by atoms with Gasteiger partial charge in [0.05, 0.1) is 29.1 Å². The Balaban J connectivity index is 1.95. The van der Waals surface area contributed by atoms with Crippen LogP contribution < -0.4 is 10.1 Å². The van der Waals surface area contributed by atoms with Crippen molar-refractivity contribution in [1.82, 2.24) is 9.97 Å². The summed E-state index contributed by atoms with van der Waals surface area (Å²) in [5.41, 5.74) is 1.40. The number of hydrogen-bond donors (Lipinski definition) is 1. The van der Waals surface area contributed by atoms with Crippen LogP contribution in [0.1, 0.15) is 5.69 Å². The molecular weight excluding hydrogens is 276 g/mol. The molecule has 2 aromatic heterocycles. The molecule has 0 radical (unpaired) electrons. The van der Waals surface area contributed by atoms with Crippen LogP contribution in [-0.2, 0) is 6.54 Å². The zero-order valence-corrected chi connectivity index (χ0v) is 10.4. The second kappa shape index (κ2) is 6.29. The van der Waals surface area contributed by atoms with Gasteiger partial charge in [0.25, 0.3) is 0 Å². The van der Waals surface area contributed by atoms with Crippen molar-refractivity contribution in [2.24, 2.45) is 0 Å². The molecule has 0 unspecified atom stereocenters. The molecule has 7 heteroatoms. The molecule has 1 N–H and O–H groups in total. The van der Waals surface area contributed by atoms with E-state index in [4.69, 9.17) is 11.6 Å². The van der Waals surface area contributed by atoms with Crippen LogP contribution in [0.4, 0.5) is 14.5 Å². The highest BCUT2D eigenvalue weighted by molar-refractivity contribution is 6.33. The van der Waals surface area contributed by atoms with E-state index in [-0.39, 0.29) is 5.75 Å². The van der Waals surface area contributed by atoms with E-state index in [1.807, 2.05) is 0 Å². The number of hydrogen-bond acceptors (Lipinski definition) is 4. The molecule has 0 aromatic carbocycles. The van der Waals surface area contributed by atoms with Crippen LogP contribution in [0.5, 0.6) is 5.75 Å². The summed E-state index contributed by atoms with van der Waals surface area (Å²) in [5.74, 6) is 0.0284. The Labute approximate surface area is 113 Å². The van der Waals surface area contributed by atoms with Crippen LogP contribution >= 0.6 is 11.6 Å². The van der Waals surface area contributed by atoms with Gasteiger partial charge in [0.1, 0.15) is 5.75 Å². The fourth-order valence-electron chi connectivity index (χ4n) is 1.39. The predicted molar refractivity (Wildman–Crippen MR) is 67.4 cm³/mol. The Morgan fingerprint density at radius 1 is 1.26 bits per heavy atom. The van der Waals surface area contributed by atoms with Crippen molar-refractivity contribution in [2.75, 3.05) is 5.32 Å². The molecule has 0 amide bonds. The molecule has 0 aliphatic rings. The fourth-order valence-corrected chi connectivity index (χ4v) is 1.58. The molecule has 4 nitrogen and oxygen atoms in total. The predicted octanol–water partition coefficient (Wildman–Crippen LogP) is 3.34. The van der Waals surface area contributed by atoms with Crippen LogP contribution in [0.25, 0.3) is 0 Å². The highest BCUT2D eigenvalue weighted by Gasteiger charge is 2.05. The van der Waals surface area contributed by atoms with E-state index in [9.17, 15) is 8.78 Å². The van der Waals surface area contributed by atoms with Crippen LogP contribution in [0.2, 0.25) is 5.02 Å². The normalized spacial score (nSPS) is 10.5. The third-order valence-corrected chi connectivity index (χ3v) is 2.56. The average molecular weight is 286 g/mol. The minimum atomic E-state index is -2.85. The fraction of sp³-hybridized carbons (Fsp3) is 0.167. The van der Waals surface area contributed by atoms with Gasteiger partial charge in [0.15, 0.2) is 0 Å². The van der Waals surface area contributed by atoms with E-state index in [1.165, 1.54) is 18.5 Å². The lowest BCUT2D eigenvalue weighted by Crippen LogP contribution is -2.04. The minimum Gasteiger partial charge on any atom is -0.433 e. The highest BCUT2D eigenvalue weighted by atomic mass is 35.5. The zero-order valence-electron chi connectivity index (χ0n) is 9.69. The van der Waals surface area contributed by atoms with E-state index in [1.54, 1.807) is 18.3 Å². The van der Waals surface area contributed by atoms with Crippen LogP contribution in [0.3, 0.4) is 0 Å². The van der Waals surface area contributed by atoms with E-state index >= 15 is 0 Å². The first-order valence-electron chi connectivity index (χ1n) is 5.38. The number of pyridine rings is 2. The summed E-state index contributed by atoms with van der Waals surface area (Å²) >= 11 is 5.92. The van der Waals surface area contributed by atoms with E-state index in [2.05, 4.69) is 20.0 Å². The summed E-state index contributed by atoms with van der Waals surface area (Å²) in [4.78, 5) is 7.86. The number of nitrogens with zero attached hydrogens (tertiary/aromatic N) is 2. The average Bonchev–Trinajstić information content (AvgIpc) is 2.39. The lowest BCUT2D eigenvalue weighted by atomic mass is 10.3. The summed E-state index contributed by atoms with van der Waals surface area (Å²) in [6.07, 6.45) is 4.38. The Morgan fingerprint density at radius 3 is 2.74 bits per heavy atom. The van der Waals surface area contributed by atoms with Gasteiger partial charge in [-0.3, -0.25) is 9.97 Å². The van der Waals surface area contributed by atoms with Crippen molar-refractivity contribution in [3.8, 4) is 5.75 Å². The third-order valence-electron chi connectivity index (χ3n) is 2.26. The molecule has 0 aliphatic carbocycles. The lowest BCUT2D eigenvalue weighted by molar-refractivity contribution is -0.0500. The van der Waals surface area contributed by atoms with Gasteiger partial charge >= 0.3 is 6.61 Å². The first kappa shape index (κ1) is 13.5. The molecule has 2 aromatic rings. The number of anilines is 1. The second-order valence-corrected chi connectivity index (χ2v) is 3.98. The minimum absolute atomic E-state index is 0.0284. The van der Waals surface area contributed by atoms with E-state index < -0.39 is 6.61 Å². The number of ether oxygens (including phenoxy) is 1. The van der Waals surface area contributed by atoms with Gasteiger partial charge < -0.3 is 10.1 Å². The Hall–Kier alpha value is -1.95. The Morgan fingerprint density at radius 2 is 2.11 bits per heavy atom. The molecule has 0 saturated carbocycles. The van der Waals surface area contributed by atoms with Crippen molar-refractivity contribution in [2.45, 2.75) is 13.2 Å². The SMILES string of the molecule is FC(F)Oc1ccc(CNc2ccncc2Cl)nc1. The number of halogens is 3. The molecule has 100 valence electrons. The standard InChI is InChI=1S/C12H10ClF2N3O/c13-10-7-16-4-3-11(10)18-5-8-1-2-9(6-17-8)19-12(14)15/h1-4,6-7,12H,5H2,(H,16,18). The third kappa shape index (κ3) is 4.03. The Bertz CT molecular complexity index is 537. The van der Waals surface area contributed by atoms with Crippen molar-refractivity contribution < 1.29 is 13.5 Å². The second-order valence-electron chi connectivity index (χ2n) is 3.57. The van der Waals surface area contributed by atoms with Gasteiger partial charge in [0, 0.05) is 12.4 Å². The van der Waals surface area contributed by atoms with Crippen molar-refractivity contribution in [3.05, 3.63) is 47.5 Å². The molecule has 0 aliphatic heterocycles. The summed E-state index contributed by atoms with van der Waals surface area (Å²) in [6, 6.07) is 4.76. The van der Waals surface area contributed by atoms with Gasteiger partial charge in [-0.05, 0) is 18.2 Å². The molecule has 0 saturated heterocycles. The summed E-state index contributed by atoms with van der Waals surface area (Å²) in [6.45, 7) is -2.43. The number of rotatable bonds is 5. The van der Waals surface area contributed by atoms with Gasteiger partial charge in [0.2, 0.25) is 0 Å². The molecule has 19 heavy (non-hydrogen) atoms. The molecule has 2 rings (SSSR count). The first-order chi connectivity index (χ1) is 9.15. The first-order valence-corrected chi connectivity index (χ1v) is 5.76. The van der Waals surface area contributed by atoms with Crippen molar-refractivity contribution >= 4 is 17.3 Å². The summed E-state index contributed by atoms with van der Waals surface area (Å²) in [5, 5.41) is 3.57. The van der Waals surface area contributed by atoms with Crippen molar-refractivity contribution in [3.63, 3.8) is 0 Å². The smallest absolute Gasteiger partial charge is 0.387 e. The van der Waals surface area contributed by atoms with Gasteiger partial charge in [-0.15, -0.1) is 0 Å². The van der Waals surface area contributed by atoms with Crippen molar-refractivity contribution in [1.29, 1.82) is 0 Å². The molecule has 0 fully saturated rings. The molecule has 0 spiro atoms. The maximum absolute atomic E-state index is 12.0. The Kier molecular flexibility index (Phi) is 4.46. The van der Waals surface area contributed by atoms with Crippen LogP contribution in [-0.4, -0.2) is 16.6 Å². The molecular formula is C12H10ClF2N3O. The van der Waals surface area contributed by atoms with E-state index in [0.717, 1.165) is 5.69 Å². The number of alkyl halides is 2. The maximum atomic E-state index is 12.0. The van der Waals surface area contributed by atoms with Gasteiger partial charge in [-0.1, -0.05) is 11.6 Å². The summed E-state index contributed by atoms with van der Waals surface area (Å²) < 4.78 is 28.1. The maximum Gasteiger partial charge on any atom is 0.387 e.